The van der Waals surface area contributed by atoms with Crippen molar-refractivity contribution in [3.8, 4) is 0 Å². The maximum atomic E-state index is 11.7. The van der Waals surface area contributed by atoms with Crippen LogP contribution in [0.2, 0.25) is 0 Å². The molecule has 0 saturated heterocycles. The van der Waals surface area contributed by atoms with Crippen LogP contribution in [0.1, 0.15) is 26.7 Å². The number of nitrogens with zero attached hydrogens (tertiary/aromatic N) is 3. The molecule has 8 heteroatoms. The number of rotatable bonds is 3. The fourth-order valence-corrected chi connectivity index (χ4v) is 1.16. The minimum absolute atomic E-state index is 0.000171. The van der Waals surface area contributed by atoms with Gasteiger partial charge >= 0.3 is 12.0 Å². The summed E-state index contributed by atoms with van der Waals surface area (Å²) in [5.74, 6) is -1.35. The molecule has 0 saturated carbocycles. The Kier molecular flexibility index (Phi) is 3.00. The Morgan fingerprint density at radius 3 is 2.61 bits per heavy atom. The molecule has 0 bridgehead atoms. The standard InChI is InChI=1S/C10H8N4O4/c1-5-13-14-10(18-5)12-8(15)7-3-2-6(4-11-7)9(16)17/h2-4H,1H3,(H,16,17)(H,12,14,15). The zero-order chi connectivity index (χ0) is 13.1. The summed E-state index contributed by atoms with van der Waals surface area (Å²) in [5, 5.41) is 18.1. The first-order chi connectivity index (χ1) is 8.56. The SMILES string of the molecule is Cc1nnc(NC(=O)c2ccc(C(=O)O)cn2)o1. The van der Waals surface area contributed by atoms with Crippen LogP contribution in [-0.4, -0.2) is 32.2 Å². The van der Waals surface area contributed by atoms with Gasteiger partial charge in [-0.2, -0.15) is 0 Å². The lowest BCUT2D eigenvalue weighted by molar-refractivity contribution is 0.0695. The van der Waals surface area contributed by atoms with E-state index in [9.17, 15) is 9.59 Å². The van der Waals surface area contributed by atoms with E-state index in [0.29, 0.717) is 5.89 Å². The highest BCUT2D eigenvalue weighted by Crippen LogP contribution is 2.07. The molecule has 8 nitrogen and oxygen atoms in total. The van der Waals surface area contributed by atoms with E-state index in [4.69, 9.17) is 9.52 Å². The summed E-state index contributed by atoms with van der Waals surface area (Å²) >= 11 is 0. The molecule has 1 amide bonds. The van der Waals surface area contributed by atoms with Gasteiger partial charge in [-0.25, -0.2) is 4.79 Å². The van der Waals surface area contributed by atoms with E-state index in [-0.39, 0.29) is 17.3 Å². The second kappa shape index (κ2) is 4.62. The highest BCUT2D eigenvalue weighted by Gasteiger charge is 2.12. The fourth-order valence-electron chi connectivity index (χ4n) is 1.16. The highest BCUT2D eigenvalue weighted by molar-refractivity contribution is 6.02. The number of carbonyl (C=O) groups is 2. The summed E-state index contributed by atoms with van der Waals surface area (Å²) in [6.45, 7) is 1.59. The third-order valence-corrected chi connectivity index (χ3v) is 1.99. The number of pyridine rings is 1. The van der Waals surface area contributed by atoms with Gasteiger partial charge in [-0.1, -0.05) is 5.10 Å². The smallest absolute Gasteiger partial charge is 0.337 e. The van der Waals surface area contributed by atoms with Crippen molar-refractivity contribution in [1.29, 1.82) is 0 Å². The molecular formula is C10H8N4O4. The Morgan fingerprint density at radius 1 is 1.33 bits per heavy atom. The first-order valence-corrected chi connectivity index (χ1v) is 4.87. The molecule has 2 rings (SSSR count). The van der Waals surface area contributed by atoms with E-state index in [1.54, 1.807) is 6.92 Å². The van der Waals surface area contributed by atoms with Gasteiger partial charge < -0.3 is 9.52 Å². The largest absolute Gasteiger partial charge is 0.478 e. The van der Waals surface area contributed by atoms with Crippen molar-refractivity contribution in [2.24, 2.45) is 0 Å². The predicted molar refractivity (Wildman–Crippen MR) is 58.2 cm³/mol. The van der Waals surface area contributed by atoms with Gasteiger partial charge in [-0.05, 0) is 12.1 Å². The summed E-state index contributed by atoms with van der Waals surface area (Å²) in [6, 6.07) is 2.53. The lowest BCUT2D eigenvalue weighted by Crippen LogP contribution is -2.14. The van der Waals surface area contributed by atoms with Crippen molar-refractivity contribution in [2.75, 3.05) is 5.32 Å². The molecule has 0 aliphatic carbocycles. The van der Waals surface area contributed by atoms with Crippen molar-refractivity contribution in [2.45, 2.75) is 6.92 Å². The predicted octanol–water partition coefficient (Wildman–Crippen LogP) is 0.724. The van der Waals surface area contributed by atoms with Crippen LogP contribution in [0.3, 0.4) is 0 Å². The summed E-state index contributed by atoms with van der Waals surface area (Å²) < 4.78 is 4.96. The maximum Gasteiger partial charge on any atom is 0.337 e. The molecule has 2 aromatic rings. The molecule has 0 unspecified atom stereocenters. The van der Waals surface area contributed by atoms with Gasteiger partial charge in [0.1, 0.15) is 5.69 Å². The van der Waals surface area contributed by atoms with Gasteiger partial charge in [-0.3, -0.25) is 15.1 Å². The minimum Gasteiger partial charge on any atom is -0.478 e. The van der Waals surface area contributed by atoms with Crippen LogP contribution in [0.4, 0.5) is 6.01 Å². The van der Waals surface area contributed by atoms with Crippen LogP contribution >= 0.6 is 0 Å². The number of hydrogen-bond acceptors (Lipinski definition) is 6. The average molecular weight is 248 g/mol. The van der Waals surface area contributed by atoms with E-state index in [1.165, 1.54) is 12.1 Å². The Labute approximate surface area is 101 Å². The van der Waals surface area contributed by atoms with Crippen LogP contribution < -0.4 is 5.32 Å². The lowest BCUT2D eigenvalue weighted by Gasteiger charge is -1.99. The normalized spacial score (nSPS) is 10.1. The second-order valence-electron chi connectivity index (χ2n) is 3.32. The quantitative estimate of drug-likeness (QED) is 0.821. The van der Waals surface area contributed by atoms with Gasteiger partial charge in [0, 0.05) is 13.1 Å². The monoisotopic (exact) mass is 248 g/mol. The zero-order valence-corrected chi connectivity index (χ0v) is 9.25. The molecule has 0 aromatic carbocycles. The number of carbonyl (C=O) groups excluding carboxylic acids is 1. The summed E-state index contributed by atoms with van der Waals surface area (Å²) in [5.41, 5.74) is 0.0519. The van der Waals surface area contributed by atoms with Crippen LogP contribution in [0.15, 0.2) is 22.7 Å². The van der Waals surface area contributed by atoms with Crippen molar-refractivity contribution < 1.29 is 19.1 Å². The average Bonchev–Trinajstić information content (AvgIpc) is 2.75. The van der Waals surface area contributed by atoms with E-state index in [2.05, 4.69) is 20.5 Å². The van der Waals surface area contributed by atoms with Crippen LogP contribution in [0.25, 0.3) is 0 Å². The van der Waals surface area contributed by atoms with Gasteiger partial charge in [0.2, 0.25) is 5.89 Å². The maximum absolute atomic E-state index is 11.7. The van der Waals surface area contributed by atoms with Crippen molar-refractivity contribution in [3.63, 3.8) is 0 Å². The number of nitrogens with one attached hydrogen (secondary N) is 1. The van der Waals surface area contributed by atoms with Crippen LogP contribution in [0, 0.1) is 6.92 Å². The van der Waals surface area contributed by atoms with E-state index >= 15 is 0 Å². The topological polar surface area (TPSA) is 118 Å². The van der Waals surface area contributed by atoms with E-state index < -0.39 is 11.9 Å². The molecular weight excluding hydrogens is 240 g/mol. The molecule has 0 radical (unpaired) electrons. The van der Waals surface area contributed by atoms with E-state index in [1.807, 2.05) is 0 Å². The van der Waals surface area contributed by atoms with Gasteiger partial charge in [0.15, 0.2) is 0 Å². The van der Waals surface area contributed by atoms with Crippen molar-refractivity contribution >= 4 is 17.9 Å². The van der Waals surface area contributed by atoms with Crippen molar-refractivity contribution in [1.82, 2.24) is 15.2 Å². The molecule has 0 atom stereocenters. The number of carboxylic acids is 1. The van der Waals surface area contributed by atoms with Gasteiger partial charge in [0.25, 0.3) is 5.91 Å². The Morgan fingerprint density at radius 2 is 2.11 bits per heavy atom. The first-order valence-electron chi connectivity index (χ1n) is 4.87. The third-order valence-electron chi connectivity index (χ3n) is 1.99. The fraction of sp³-hybridized carbons (Fsp3) is 0.100. The number of anilines is 1. The zero-order valence-electron chi connectivity index (χ0n) is 9.25. The Hall–Kier alpha value is -2.77. The number of hydrogen-bond donors (Lipinski definition) is 2. The van der Waals surface area contributed by atoms with Crippen LogP contribution in [0.5, 0.6) is 0 Å². The summed E-state index contributed by atoms with van der Waals surface area (Å²) in [6.07, 6.45) is 1.09. The molecule has 2 heterocycles. The Balaban J connectivity index is 2.11. The summed E-state index contributed by atoms with van der Waals surface area (Å²) in [4.78, 5) is 26.0. The second-order valence-corrected chi connectivity index (χ2v) is 3.32. The van der Waals surface area contributed by atoms with Crippen molar-refractivity contribution in [3.05, 3.63) is 35.5 Å². The highest BCUT2D eigenvalue weighted by atomic mass is 16.4. The number of amides is 1. The molecule has 0 aliphatic heterocycles. The minimum atomic E-state index is -1.11. The number of aryl methyl sites for hydroxylation is 1. The number of aromatic nitrogens is 3. The molecule has 92 valence electrons. The number of carboxylic acid groups (broad SMARTS) is 1. The third kappa shape index (κ3) is 2.48. The van der Waals surface area contributed by atoms with Crippen LogP contribution in [-0.2, 0) is 0 Å². The van der Waals surface area contributed by atoms with Gasteiger partial charge in [0.05, 0.1) is 5.56 Å². The molecule has 0 aliphatic rings. The number of aromatic carboxylic acids is 1. The molecule has 2 aromatic heterocycles. The first kappa shape index (κ1) is 11.7. The lowest BCUT2D eigenvalue weighted by atomic mass is 10.2. The molecule has 2 N–H and O–H groups in total. The Bertz CT molecular complexity index is 590. The van der Waals surface area contributed by atoms with E-state index in [0.717, 1.165) is 6.20 Å². The summed E-state index contributed by atoms with van der Waals surface area (Å²) in [7, 11) is 0. The molecule has 18 heavy (non-hydrogen) atoms. The molecule has 0 fully saturated rings. The van der Waals surface area contributed by atoms with Gasteiger partial charge in [-0.15, -0.1) is 5.10 Å². The molecule has 0 spiro atoms.